The van der Waals surface area contributed by atoms with E-state index in [1.54, 1.807) is 6.07 Å². The highest BCUT2D eigenvalue weighted by Crippen LogP contribution is 2.53. The van der Waals surface area contributed by atoms with Crippen LogP contribution in [-0.4, -0.2) is 28.5 Å². The molecular weight excluding hydrogens is 371 g/mol. The topological polar surface area (TPSA) is 25.2 Å². The molecule has 1 aromatic heterocycles. The number of rotatable bonds is 5. The summed E-state index contributed by atoms with van der Waals surface area (Å²) >= 11 is 1.36. The van der Waals surface area contributed by atoms with Crippen molar-refractivity contribution >= 4 is 28.6 Å². The lowest BCUT2D eigenvalue weighted by Gasteiger charge is -2.30. The van der Waals surface area contributed by atoms with Gasteiger partial charge in [0, 0.05) is 41.7 Å². The highest BCUT2D eigenvalue weighted by molar-refractivity contribution is 8.00. The fourth-order valence-electron chi connectivity index (χ4n) is 4.21. The van der Waals surface area contributed by atoms with Gasteiger partial charge in [-0.3, -0.25) is 4.79 Å². The number of amides is 1. The molecular formula is C23H25FN2OS. The van der Waals surface area contributed by atoms with Gasteiger partial charge in [0.1, 0.15) is 11.1 Å². The Bertz CT molecular complexity index is 1040. The third kappa shape index (κ3) is 2.84. The molecule has 3 aromatic rings. The average Bonchev–Trinajstić information content (AvgIpc) is 3.04. The SMILES string of the molecule is CCCn1c2c(c3ccccc31)C(C(=O)N(CC)CC)Sc1c(F)cccc1-2. The highest BCUT2D eigenvalue weighted by atomic mass is 32.2. The first kappa shape index (κ1) is 19.1. The Balaban J connectivity index is 2.05. The van der Waals surface area contributed by atoms with Crippen molar-refractivity contribution in [2.75, 3.05) is 13.1 Å². The van der Waals surface area contributed by atoms with Gasteiger partial charge in [0.15, 0.2) is 0 Å². The van der Waals surface area contributed by atoms with Crippen molar-refractivity contribution in [3.63, 3.8) is 0 Å². The number of likely N-dealkylation sites (N-methyl/N-ethyl adjacent to an activating group) is 1. The maximum atomic E-state index is 14.8. The van der Waals surface area contributed by atoms with Crippen molar-refractivity contribution in [3.8, 4) is 11.3 Å². The number of halogens is 1. The fraction of sp³-hybridized carbons (Fsp3) is 0.348. The zero-order chi connectivity index (χ0) is 19.8. The van der Waals surface area contributed by atoms with E-state index < -0.39 is 5.25 Å². The zero-order valence-corrected chi connectivity index (χ0v) is 17.4. The van der Waals surface area contributed by atoms with E-state index in [9.17, 15) is 9.18 Å². The summed E-state index contributed by atoms with van der Waals surface area (Å²) in [5.74, 6) is -0.191. The van der Waals surface area contributed by atoms with E-state index in [1.807, 2.05) is 36.9 Å². The van der Waals surface area contributed by atoms with Crippen LogP contribution in [-0.2, 0) is 11.3 Å². The van der Waals surface area contributed by atoms with Crippen LogP contribution in [0, 0.1) is 5.82 Å². The number of aryl methyl sites for hydroxylation is 1. The van der Waals surface area contributed by atoms with Gasteiger partial charge in [0.25, 0.3) is 0 Å². The molecule has 5 heteroatoms. The summed E-state index contributed by atoms with van der Waals surface area (Å²) in [7, 11) is 0. The van der Waals surface area contributed by atoms with E-state index >= 15 is 0 Å². The predicted molar refractivity (Wildman–Crippen MR) is 114 cm³/mol. The minimum atomic E-state index is -0.428. The molecule has 0 aliphatic carbocycles. The number of para-hydroxylation sites is 1. The molecule has 1 aliphatic heterocycles. The average molecular weight is 397 g/mol. The minimum absolute atomic E-state index is 0.0598. The van der Waals surface area contributed by atoms with Crippen LogP contribution in [0.2, 0.25) is 0 Å². The fourth-order valence-corrected chi connectivity index (χ4v) is 5.52. The van der Waals surface area contributed by atoms with E-state index in [2.05, 4.69) is 23.6 Å². The van der Waals surface area contributed by atoms with Crippen LogP contribution >= 0.6 is 11.8 Å². The molecule has 146 valence electrons. The van der Waals surface area contributed by atoms with Crippen molar-refractivity contribution < 1.29 is 9.18 Å². The number of aromatic nitrogens is 1. The second-order valence-corrected chi connectivity index (χ2v) is 8.17. The normalized spacial score (nSPS) is 15.4. The largest absolute Gasteiger partial charge is 0.342 e. The van der Waals surface area contributed by atoms with Crippen LogP contribution in [0.3, 0.4) is 0 Å². The van der Waals surface area contributed by atoms with Crippen LogP contribution in [0.15, 0.2) is 47.4 Å². The number of hydrogen-bond donors (Lipinski definition) is 0. The van der Waals surface area contributed by atoms with Gasteiger partial charge >= 0.3 is 0 Å². The Morgan fingerprint density at radius 1 is 1.11 bits per heavy atom. The van der Waals surface area contributed by atoms with Crippen LogP contribution < -0.4 is 0 Å². The molecule has 1 unspecified atom stereocenters. The minimum Gasteiger partial charge on any atom is -0.342 e. The second-order valence-electron chi connectivity index (χ2n) is 7.06. The molecule has 0 radical (unpaired) electrons. The molecule has 1 aliphatic rings. The molecule has 0 saturated heterocycles. The Labute approximate surface area is 169 Å². The van der Waals surface area contributed by atoms with Gasteiger partial charge in [0.05, 0.1) is 10.6 Å². The van der Waals surface area contributed by atoms with Crippen molar-refractivity contribution in [2.24, 2.45) is 0 Å². The van der Waals surface area contributed by atoms with Gasteiger partial charge < -0.3 is 9.47 Å². The van der Waals surface area contributed by atoms with Crippen LogP contribution in [0.5, 0.6) is 0 Å². The molecule has 0 fully saturated rings. The molecule has 2 heterocycles. The first-order valence-electron chi connectivity index (χ1n) is 9.97. The van der Waals surface area contributed by atoms with E-state index in [-0.39, 0.29) is 11.7 Å². The van der Waals surface area contributed by atoms with Crippen molar-refractivity contribution in [3.05, 3.63) is 53.8 Å². The Kier molecular flexibility index (Phi) is 5.19. The van der Waals surface area contributed by atoms with E-state index in [4.69, 9.17) is 0 Å². The van der Waals surface area contributed by atoms with Gasteiger partial charge in [-0.2, -0.15) is 0 Å². The summed E-state index contributed by atoms with van der Waals surface area (Å²) in [6, 6.07) is 13.5. The number of thioether (sulfide) groups is 1. The predicted octanol–water partition coefficient (Wildman–Crippen LogP) is 5.87. The lowest BCUT2D eigenvalue weighted by atomic mass is 10.00. The number of carbonyl (C=O) groups excluding carboxylic acids is 1. The maximum Gasteiger partial charge on any atom is 0.240 e. The molecule has 1 atom stereocenters. The van der Waals surface area contributed by atoms with Crippen molar-refractivity contribution in [1.29, 1.82) is 0 Å². The zero-order valence-electron chi connectivity index (χ0n) is 16.5. The maximum absolute atomic E-state index is 14.8. The molecule has 4 rings (SSSR count). The first-order valence-corrected chi connectivity index (χ1v) is 10.9. The molecule has 0 N–H and O–H groups in total. The quantitative estimate of drug-likeness (QED) is 0.539. The Morgan fingerprint density at radius 3 is 2.57 bits per heavy atom. The van der Waals surface area contributed by atoms with Crippen molar-refractivity contribution in [1.82, 2.24) is 9.47 Å². The summed E-state index contributed by atoms with van der Waals surface area (Å²) in [4.78, 5) is 15.9. The highest BCUT2D eigenvalue weighted by Gasteiger charge is 2.38. The third-order valence-electron chi connectivity index (χ3n) is 5.48. The molecule has 2 aromatic carbocycles. The van der Waals surface area contributed by atoms with Crippen LogP contribution in [0.25, 0.3) is 22.2 Å². The standard InChI is InChI=1S/C23H25FN2OS/c1-4-14-26-18-13-8-7-10-15(18)19-20(26)16-11-9-12-17(24)21(16)28-22(19)23(27)25(5-2)6-3/h7-13,22H,4-6,14H2,1-3H3. The summed E-state index contributed by atoms with van der Waals surface area (Å²) in [6.07, 6.45) is 0.970. The van der Waals surface area contributed by atoms with Gasteiger partial charge in [0.2, 0.25) is 5.91 Å². The summed E-state index contributed by atoms with van der Waals surface area (Å²) in [5, 5.41) is 0.668. The number of fused-ring (bicyclic) bond motifs is 5. The molecule has 3 nitrogen and oxygen atoms in total. The Hall–Kier alpha value is -2.27. The molecule has 0 bridgehead atoms. The van der Waals surface area contributed by atoms with Gasteiger partial charge in [-0.15, -0.1) is 11.8 Å². The number of benzene rings is 2. The number of carbonyl (C=O) groups is 1. The van der Waals surface area contributed by atoms with Gasteiger partial charge in [-0.05, 0) is 32.4 Å². The van der Waals surface area contributed by atoms with E-state index in [0.29, 0.717) is 18.0 Å². The smallest absolute Gasteiger partial charge is 0.240 e. The Morgan fingerprint density at radius 2 is 1.86 bits per heavy atom. The monoisotopic (exact) mass is 396 g/mol. The lowest BCUT2D eigenvalue weighted by molar-refractivity contribution is -0.130. The summed E-state index contributed by atoms with van der Waals surface area (Å²) < 4.78 is 17.1. The van der Waals surface area contributed by atoms with E-state index in [1.165, 1.54) is 17.8 Å². The van der Waals surface area contributed by atoms with Gasteiger partial charge in [-0.1, -0.05) is 37.3 Å². The van der Waals surface area contributed by atoms with Crippen LogP contribution in [0.1, 0.15) is 38.0 Å². The molecule has 0 saturated carbocycles. The molecule has 28 heavy (non-hydrogen) atoms. The third-order valence-corrected chi connectivity index (χ3v) is 6.80. The number of nitrogens with zero attached hydrogens (tertiary/aromatic N) is 2. The first-order chi connectivity index (χ1) is 13.6. The van der Waals surface area contributed by atoms with Crippen molar-refractivity contribution in [2.45, 2.75) is 43.9 Å². The van der Waals surface area contributed by atoms with E-state index in [0.717, 1.165) is 40.7 Å². The van der Waals surface area contributed by atoms with Gasteiger partial charge in [-0.25, -0.2) is 4.39 Å². The summed E-state index contributed by atoms with van der Waals surface area (Å²) in [6.45, 7) is 8.26. The number of hydrogen-bond acceptors (Lipinski definition) is 2. The second kappa shape index (κ2) is 7.63. The lowest BCUT2D eigenvalue weighted by Crippen LogP contribution is -2.34. The molecule has 1 amide bonds. The molecule has 0 spiro atoms. The van der Waals surface area contributed by atoms with Crippen LogP contribution in [0.4, 0.5) is 4.39 Å². The summed E-state index contributed by atoms with van der Waals surface area (Å²) in [5.41, 5.74) is 4.04.